The first-order chi connectivity index (χ1) is 16.6. The lowest BCUT2D eigenvalue weighted by atomic mass is 10.2. The number of oxazole rings is 1. The number of amides is 1. The van der Waals surface area contributed by atoms with Crippen LogP contribution in [0.15, 0.2) is 89.5 Å². The van der Waals surface area contributed by atoms with Gasteiger partial charge in [-0.15, -0.1) is 0 Å². The van der Waals surface area contributed by atoms with Gasteiger partial charge in [-0.3, -0.25) is 14.6 Å². The van der Waals surface area contributed by atoms with Gasteiger partial charge < -0.3 is 19.2 Å². The number of ether oxygens (including phenoxy) is 1. The average molecular weight is 457 g/mol. The first-order valence-electron chi connectivity index (χ1n) is 10.7. The van der Waals surface area contributed by atoms with Gasteiger partial charge in [-0.25, -0.2) is 4.98 Å². The second kappa shape index (κ2) is 11.0. The molecule has 8 nitrogen and oxygen atoms in total. The monoisotopic (exact) mass is 457 g/mol. The number of pyridine rings is 1. The predicted octanol–water partition coefficient (Wildman–Crippen LogP) is 4.18. The number of aliphatic carboxylic acids is 1. The summed E-state index contributed by atoms with van der Waals surface area (Å²) in [5, 5.41) is 9.39. The number of carboxylic acids is 1. The summed E-state index contributed by atoms with van der Waals surface area (Å²) in [5.74, 6) is -1.22. The number of hydrogen-bond donors (Lipinski definition) is 1. The normalized spacial score (nSPS) is 10.7. The third-order valence-corrected chi connectivity index (χ3v) is 4.96. The molecular weight excluding hydrogens is 434 g/mol. The van der Waals surface area contributed by atoms with E-state index in [-0.39, 0.29) is 30.5 Å². The molecule has 0 unspecified atom stereocenters. The minimum atomic E-state index is -1.14. The Kier molecular flexibility index (Phi) is 7.42. The number of nitrogens with zero attached hydrogens (tertiary/aromatic N) is 3. The van der Waals surface area contributed by atoms with Crippen LogP contribution in [0.2, 0.25) is 0 Å². The lowest BCUT2D eigenvalue weighted by molar-refractivity contribution is -0.137. The SMILES string of the molecule is O=C(O)CN(Cc1ccccn1)C(=O)c1nc(-c2ccccc2)oc1COCc1ccccc1. The van der Waals surface area contributed by atoms with E-state index in [2.05, 4.69) is 9.97 Å². The zero-order chi connectivity index (χ0) is 23.8. The van der Waals surface area contributed by atoms with Crippen LogP contribution in [0.4, 0.5) is 0 Å². The van der Waals surface area contributed by atoms with Crippen molar-refractivity contribution in [3.05, 3.63) is 108 Å². The maximum atomic E-state index is 13.4. The number of carbonyl (C=O) groups excluding carboxylic acids is 1. The zero-order valence-electron chi connectivity index (χ0n) is 18.3. The summed E-state index contributed by atoms with van der Waals surface area (Å²) < 4.78 is 11.7. The smallest absolute Gasteiger partial charge is 0.323 e. The van der Waals surface area contributed by atoms with Crippen LogP contribution in [0.1, 0.15) is 27.5 Å². The molecule has 0 saturated heterocycles. The first-order valence-corrected chi connectivity index (χ1v) is 10.7. The molecule has 0 atom stereocenters. The van der Waals surface area contributed by atoms with Crippen LogP contribution in [-0.4, -0.2) is 38.4 Å². The maximum Gasteiger partial charge on any atom is 0.323 e. The summed E-state index contributed by atoms with van der Waals surface area (Å²) in [6.07, 6.45) is 1.59. The lowest BCUT2D eigenvalue weighted by Crippen LogP contribution is -2.36. The van der Waals surface area contributed by atoms with Crippen molar-refractivity contribution >= 4 is 11.9 Å². The molecule has 0 saturated carbocycles. The predicted molar refractivity (Wildman–Crippen MR) is 123 cm³/mol. The van der Waals surface area contributed by atoms with Gasteiger partial charge >= 0.3 is 5.97 Å². The molecule has 0 aliphatic carbocycles. The minimum Gasteiger partial charge on any atom is -0.480 e. The molecule has 4 aromatic rings. The number of aromatic nitrogens is 2. The van der Waals surface area contributed by atoms with E-state index in [0.29, 0.717) is 17.9 Å². The van der Waals surface area contributed by atoms with Crippen LogP contribution in [-0.2, 0) is 29.3 Å². The van der Waals surface area contributed by atoms with Gasteiger partial charge in [0.15, 0.2) is 11.5 Å². The van der Waals surface area contributed by atoms with E-state index in [1.54, 1.807) is 24.4 Å². The number of carboxylic acid groups (broad SMARTS) is 1. The highest BCUT2D eigenvalue weighted by Gasteiger charge is 2.27. The molecule has 0 radical (unpaired) electrons. The molecule has 172 valence electrons. The van der Waals surface area contributed by atoms with Gasteiger partial charge in [0, 0.05) is 11.8 Å². The van der Waals surface area contributed by atoms with Crippen molar-refractivity contribution < 1.29 is 23.8 Å². The van der Waals surface area contributed by atoms with Gasteiger partial charge in [0.25, 0.3) is 5.91 Å². The highest BCUT2D eigenvalue weighted by atomic mass is 16.5. The van der Waals surface area contributed by atoms with Crippen LogP contribution in [0.3, 0.4) is 0 Å². The van der Waals surface area contributed by atoms with E-state index < -0.39 is 18.4 Å². The third-order valence-electron chi connectivity index (χ3n) is 4.96. The Morgan fingerprint density at radius 3 is 2.29 bits per heavy atom. The van der Waals surface area contributed by atoms with Crippen LogP contribution < -0.4 is 0 Å². The molecule has 1 N–H and O–H groups in total. The maximum absolute atomic E-state index is 13.4. The van der Waals surface area contributed by atoms with E-state index in [1.165, 1.54) is 4.90 Å². The van der Waals surface area contributed by atoms with Crippen LogP contribution in [0.5, 0.6) is 0 Å². The molecule has 0 fully saturated rings. The van der Waals surface area contributed by atoms with Crippen molar-refractivity contribution in [2.24, 2.45) is 0 Å². The fourth-order valence-corrected chi connectivity index (χ4v) is 3.36. The molecule has 1 amide bonds. The van der Waals surface area contributed by atoms with Crippen molar-refractivity contribution in [1.82, 2.24) is 14.9 Å². The highest BCUT2D eigenvalue weighted by Crippen LogP contribution is 2.24. The molecule has 0 spiro atoms. The van der Waals surface area contributed by atoms with Crippen LogP contribution in [0.25, 0.3) is 11.5 Å². The molecule has 2 aromatic heterocycles. The van der Waals surface area contributed by atoms with Crippen molar-refractivity contribution in [1.29, 1.82) is 0 Å². The van der Waals surface area contributed by atoms with Gasteiger partial charge in [0.1, 0.15) is 13.2 Å². The Hall–Kier alpha value is -4.30. The van der Waals surface area contributed by atoms with E-state index in [0.717, 1.165) is 5.56 Å². The molecule has 2 heterocycles. The van der Waals surface area contributed by atoms with Crippen molar-refractivity contribution in [3.63, 3.8) is 0 Å². The molecule has 2 aromatic carbocycles. The van der Waals surface area contributed by atoms with Gasteiger partial charge in [-0.05, 0) is 29.8 Å². The summed E-state index contributed by atoms with van der Waals surface area (Å²) in [5.41, 5.74) is 2.25. The number of carbonyl (C=O) groups is 2. The Morgan fingerprint density at radius 1 is 0.912 bits per heavy atom. The van der Waals surface area contributed by atoms with E-state index in [1.807, 2.05) is 60.7 Å². The summed E-state index contributed by atoms with van der Waals surface area (Å²) in [6, 6.07) is 24.0. The fourth-order valence-electron chi connectivity index (χ4n) is 3.36. The molecule has 0 aliphatic heterocycles. The zero-order valence-corrected chi connectivity index (χ0v) is 18.3. The summed E-state index contributed by atoms with van der Waals surface area (Å²) in [6.45, 7) is -0.167. The Morgan fingerprint density at radius 2 is 1.62 bits per heavy atom. The number of rotatable bonds is 10. The lowest BCUT2D eigenvalue weighted by Gasteiger charge is -2.19. The molecular formula is C26H23N3O5. The van der Waals surface area contributed by atoms with Gasteiger partial charge in [-0.1, -0.05) is 54.6 Å². The Balaban J connectivity index is 1.61. The first kappa shape index (κ1) is 22.9. The third kappa shape index (κ3) is 5.93. The standard InChI is InChI=1S/C26H23N3O5/c30-23(31)16-29(15-21-13-7-8-14-27-21)26(32)24-22(18-33-17-19-9-3-1-4-10-19)34-25(28-24)20-11-5-2-6-12-20/h1-14H,15-18H2,(H,30,31). The summed E-state index contributed by atoms with van der Waals surface area (Å²) >= 11 is 0. The summed E-state index contributed by atoms with van der Waals surface area (Å²) in [7, 11) is 0. The highest BCUT2D eigenvalue weighted by molar-refractivity contribution is 5.95. The largest absolute Gasteiger partial charge is 0.480 e. The van der Waals surface area contributed by atoms with E-state index in [4.69, 9.17) is 9.15 Å². The number of benzene rings is 2. The summed E-state index contributed by atoms with van der Waals surface area (Å²) in [4.78, 5) is 34.7. The molecule has 0 bridgehead atoms. The second-order valence-electron chi connectivity index (χ2n) is 7.51. The quantitative estimate of drug-likeness (QED) is 0.381. The van der Waals surface area contributed by atoms with Crippen molar-refractivity contribution in [2.45, 2.75) is 19.8 Å². The Labute approximate surface area is 196 Å². The van der Waals surface area contributed by atoms with Gasteiger partial charge in [0.2, 0.25) is 5.89 Å². The average Bonchev–Trinajstić information content (AvgIpc) is 3.29. The topological polar surface area (TPSA) is 106 Å². The molecule has 0 aliphatic rings. The molecule has 34 heavy (non-hydrogen) atoms. The molecule has 4 rings (SSSR count). The van der Waals surface area contributed by atoms with Gasteiger partial charge in [-0.2, -0.15) is 0 Å². The van der Waals surface area contributed by atoms with Gasteiger partial charge in [0.05, 0.1) is 18.8 Å². The van der Waals surface area contributed by atoms with E-state index in [9.17, 15) is 14.7 Å². The minimum absolute atomic E-state index is 0.000297. The molecule has 8 heteroatoms. The van der Waals surface area contributed by atoms with Crippen molar-refractivity contribution in [3.8, 4) is 11.5 Å². The second-order valence-corrected chi connectivity index (χ2v) is 7.51. The van der Waals surface area contributed by atoms with Crippen LogP contribution >= 0.6 is 0 Å². The Bertz CT molecular complexity index is 1230. The fraction of sp³-hybridized carbons (Fsp3) is 0.154. The van der Waals surface area contributed by atoms with Crippen molar-refractivity contribution in [2.75, 3.05) is 6.54 Å². The van der Waals surface area contributed by atoms with E-state index >= 15 is 0 Å². The number of hydrogen-bond acceptors (Lipinski definition) is 6. The van der Waals surface area contributed by atoms with Crippen LogP contribution in [0, 0.1) is 0 Å².